The molecule has 0 bridgehead atoms. The number of H-pyrrole nitrogens is 1. The van der Waals surface area contributed by atoms with Crippen molar-refractivity contribution in [2.45, 2.75) is 12.5 Å². The highest BCUT2D eigenvalue weighted by molar-refractivity contribution is 6.31. The summed E-state index contributed by atoms with van der Waals surface area (Å²) >= 11 is 6.00. The number of rotatable bonds is 9. The quantitative estimate of drug-likeness (QED) is 0.512. The van der Waals surface area contributed by atoms with Crippen molar-refractivity contribution in [1.29, 1.82) is 0 Å². The normalized spacial score (nSPS) is 12.0. The van der Waals surface area contributed by atoms with E-state index in [0.717, 1.165) is 21.5 Å². The molecule has 0 aliphatic carbocycles. The predicted octanol–water partition coefficient (Wildman–Crippen LogP) is 3.20. The summed E-state index contributed by atoms with van der Waals surface area (Å²) in [6.45, 7) is 0.342. The third kappa shape index (κ3) is 5.60. The van der Waals surface area contributed by atoms with Crippen LogP contribution in [0.15, 0.2) is 54.6 Å². The Labute approximate surface area is 179 Å². The van der Waals surface area contributed by atoms with E-state index in [9.17, 15) is 9.59 Å². The zero-order chi connectivity index (χ0) is 21.5. The number of hydrogen-bond acceptors (Lipinski definition) is 4. The van der Waals surface area contributed by atoms with Gasteiger partial charge in [-0.15, -0.1) is 0 Å². The average molecular weight is 430 g/mol. The molecule has 0 spiro atoms. The highest BCUT2D eigenvalue weighted by Crippen LogP contribution is 2.20. The molecule has 8 heteroatoms. The Kier molecular flexibility index (Phi) is 7.46. The molecule has 3 aromatic rings. The van der Waals surface area contributed by atoms with Gasteiger partial charge in [0.15, 0.2) is 6.10 Å². The van der Waals surface area contributed by atoms with Crippen LogP contribution in [-0.2, 0) is 20.8 Å². The number of hydrogen-bond donors (Lipinski definition) is 2. The second-order valence-corrected chi connectivity index (χ2v) is 7.17. The second kappa shape index (κ2) is 10.2. The molecule has 1 aromatic heterocycles. The van der Waals surface area contributed by atoms with Gasteiger partial charge in [0.25, 0.3) is 11.8 Å². The molecule has 1 heterocycles. The monoisotopic (exact) mass is 429 g/mol. The van der Waals surface area contributed by atoms with E-state index in [1.54, 1.807) is 24.3 Å². The maximum absolute atomic E-state index is 12.6. The summed E-state index contributed by atoms with van der Waals surface area (Å²) in [6.07, 6.45) is -0.223. The summed E-state index contributed by atoms with van der Waals surface area (Å²) in [4.78, 5) is 33.1. The lowest BCUT2D eigenvalue weighted by molar-refractivity contribution is -0.180. The van der Waals surface area contributed by atoms with Crippen LogP contribution in [0.5, 0.6) is 0 Å². The molecule has 7 nitrogen and oxygen atoms in total. The van der Waals surface area contributed by atoms with Crippen LogP contribution in [0.1, 0.15) is 16.1 Å². The number of fused-ring (bicyclic) bond motifs is 1. The van der Waals surface area contributed by atoms with Crippen molar-refractivity contribution < 1.29 is 19.2 Å². The first-order valence-corrected chi connectivity index (χ1v) is 9.89. The lowest BCUT2D eigenvalue weighted by Gasteiger charge is -2.22. The summed E-state index contributed by atoms with van der Waals surface area (Å²) < 4.78 is 5.78. The third-order valence-corrected chi connectivity index (χ3v) is 4.92. The number of likely N-dealkylation sites (N-methyl/N-ethyl adjacent to an activating group) is 1. The van der Waals surface area contributed by atoms with E-state index in [1.807, 2.05) is 30.3 Å². The van der Waals surface area contributed by atoms with Crippen molar-refractivity contribution in [3.63, 3.8) is 0 Å². The number of amides is 2. The van der Waals surface area contributed by atoms with Crippen LogP contribution in [0, 0.1) is 0 Å². The van der Waals surface area contributed by atoms with Gasteiger partial charge in [-0.25, -0.2) is 5.06 Å². The van der Waals surface area contributed by atoms with Gasteiger partial charge in [-0.1, -0.05) is 41.9 Å². The van der Waals surface area contributed by atoms with E-state index in [-0.39, 0.29) is 18.4 Å². The van der Waals surface area contributed by atoms with Gasteiger partial charge in [-0.2, -0.15) is 0 Å². The van der Waals surface area contributed by atoms with E-state index in [0.29, 0.717) is 23.7 Å². The molecule has 2 aromatic carbocycles. The van der Waals surface area contributed by atoms with Crippen molar-refractivity contribution >= 4 is 34.3 Å². The number of carbonyl (C=O) groups is 2. The van der Waals surface area contributed by atoms with Crippen LogP contribution in [-0.4, -0.2) is 55.3 Å². The molecule has 0 aliphatic heterocycles. The number of nitrogens with one attached hydrogen (secondary N) is 2. The second-order valence-electron chi connectivity index (χ2n) is 6.74. The smallest absolute Gasteiger partial charge is 0.276 e. The highest BCUT2D eigenvalue weighted by Gasteiger charge is 2.24. The van der Waals surface area contributed by atoms with E-state index in [2.05, 4.69) is 10.3 Å². The Morgan fingerprint density at radius 3 is 2.67 bits per heavy atom. The molecule has 1 atom stereocenters. The summed E-state index contributed by atoms with van der Waals surface area (Å²) in [6, 6.07) is 16.9. The van der Waals surface area contributed by atoms with E-state index in [4.69, 9.17) is 21.2 Å². The molecule has 158 valence electrons. The molecule has 2 N–H and O–H groups in total. The standard InChI is InChI=1S/C22H24ClN3O4/c1-26(29-2)22(28)20(30-11-10-15-6-4-3-5-7-15)14-24-21(27)19-13-16-12-17(23)8-9-18(16)25-19/h3-9,12-13,20,25H,10-11,14H2,1-2H3,(H,24,27)/t20-/m1/s1. The molecule has 0 saturated carbocycles. The van der Waals surface area contributed by atoms with Crippen molar-refractivity contribution in [3.05, 3.63) is 70.9 Å². The Morgan fingerprint density at radius 1 is 1.17 bits per heavy atom. The molecule has 2 amide bonds. The zero-order valence-corrected chi connectivity index (χ0v) is 17.6. The number of benzene rings is 2. The van der Waals surface area contributed by atoms with E-state index in [1.165, 1.54) is 14.2 Å². The van der Waals surface area contributed by atoms with Crippen molar-refractivity contribution in [2.24, 2.45) is 0 Å². The maximum atomic E-state index is 12.6. The first kappa shape index (κ1) is 21.8. The molecular formula is C22H24ClN3O4. The molecule has 0 fully saturated rings. The summed E-state index contributed by atoms with van der Waals surface area (Å²) in [5.74, 6) is -0.721. The Balaban J connectivity index is 1.62. The largest absolute Gasteiger partial charge is 0.366 e. The topological polar surface area (TPSA) is 83.7 Å². The molecule has 0 unspecified atom stereocenters. The van der Waals surface area contributed by atoms with Crippen molar-refractivity contribution in [3.8, 4) is 0 Å². The van der Waals surface area contributed by atoms with Crippen molar-refractivity contribution in [2.75, 3.05) is 27.3 Å². The minimum atomic E-state index is -0.874. The van der Waals surface area contributed by atoms with Gasteiger partial charge < -0.3 is 15.0 Å². The van der Waals surface area contributed by atoms with Gasteiger partial charge in [0.1, 0.15) is 5.69 Å². The first-order chi connectivity index (χ1) is 14.5. The van der Waals surface area contributed by atoms with Crippen LogP contribution >= 0.6 is 11.6 Å². The molecule has 3 rings (SSSR count). The maximum Gasteiger partial charge on any atom is 0.276 e. The van der Waals surface area contributed by atoms with Crippen LogP contribution in [0.2, 0.25) is 5.02 Å². The number of halogens is 1. The minimum absolute atomic E-state index is 0.0102. The predicted molar refractivity (Wildman–Crippen MR) is 115 cm³/mol. The number of nitrogens with zero attached hydrogens (tertiary/aromatic N) is 1. The number of aromatic nitrogens is 1. The summed E-state index contributed by atoms with van der Waals surface area (Å²) in [7, 11) is 2.90. The van der Waals surface area contributed by atoms with Gasteiger partial charge >= 0.3 is 0 Å². The highest BCUT2D eigenvalue weighted by atomic mass is 35.5. The van der Waals surface area contributed by atoms with Gasteiger partial charge in [0.05, 0.1) is 20.3 Å². The summed E-state index contributed by atoms with van der Waals surface area (Å²) in [5.41, 5.74) is 2.28. The minimum Gasteiger partial charge on any atom is -0.366 e. The van der Waals surface area contributed by atoms with E-state index < -0.39 is 6.10 Å². The molecule has 0 saturated heterocycles. The van der Waals surface area contributed by atoms with Gasteiger partial charge in [-0.3, -0.25) is 14.4 Å². The lowest BCUT2D eigenvalue weighted by Crippen LogP contribution is -2.45. The molecule has 0 aliphatic rings. The Morgan fingerprint density at radius 2 is 1.93 bits per heavy atom. The number of aromatic amines is 1. The fourth-order valence-corrected chi connectivity index (χ4v) is 3.16. The fourth-order valence-electron chi connectivity index (χ4n) is 2.98. The zero-order valence-electron chi connectivity index (χ0n) is 16.9. The first-order valence-electron chi connectivity index (χ1n) is 9.51. The molecule has 30 heavy (non-hydrogen) atoms. The van der Waals surface area contributed by atoms with Gasteiger partial charge in [0, 0.05) is 23.0 Å². The van der Waals surface area contributed by atoms with Crippen LogP contribution < -0.4 is 5.32 Å². The number of ether oxygens (including phenoxy) is 1. The average Bonchev–Trinajstić information content (AvgIpc) is 3.18. The fraction of sp³-hybridized carbons (Fsp3) is 0.273. The van der Waals surface area contributed by atoms with Gasteiger partial charge in [-0.05, 0) is 36.2 Å². The number of hydroxylamine groups is 2. The molecular weight excluding hydrogens is 406 g/mol. The van der Waals surface area contributed by atoms with Crippen LogP contribution in [0.25, 0.3) is 10.9 Å². The Hall–Kier alpha value is -2.87. The molecule has 0 radical (unpaired) electrons. The van der Waals surface area contributed by atoms with Gasteiger partial charge in [0.2, 0.25) is 0 Å². The Bertz CT molecular complexity index is 1010. The SMILES string of the molecule is CON(C)C(=O)[C@@H](CNC(=O)c1cc2cc(Cl)ccc2[nH]1)OCCc1ccccc1. The van der Waals surface area contributed by atoms with E-state index >= 15 is 0 Å². The lowest BCUT2D eigenvalue weighted by atomic mass is 10.2. The summed E-state index contributed by atoms with van der Waals surface area (Å²) in [5, 5.41) is 5.26. The van der Waals surface area contributed by atoms with Crippen LogP contribution in [0.4, 0.5) is 0 Å². The third-order valence-electron chi connectivity index (χ3n) is 4.69. The van der Waals surface area contributed by atoms with Crippen LogP contribution in [0.3, 0.4) is 0 Å². The van der Waals surface area contributed by atoms with Crippen molar-refractivity contribution in [1.82, 2.24) is 15.4 Å². The number of carbonyl (C=O) groups excluding carboxylic acids is 2.